The second-order valence-electron chi connectivity index (χ2n) is 6.49. The van der Waals surface area contributed by atoms with Gasteiger partial charge < -0.3 is 9.64 Å². The van der Waals surface area contributed by atoms with E-state index in [2.05, 4.69) is 0 Å². The molecule has 2 amide bonds. The number of carbonyl (C=O) groups excluding carboxylic acids is 2. The molecular weight excluding hydrogens is 348 g/mol. The van der Waals surface area contributed by atoms with Crippen molar-refractivity contribution < 1.29 is 28.0 Å². The van der Waals surface area contributed by atoms with E-state index in [0.717, 1.165) is 5.56 Å². The number of ether oxygens (including phenoxy) is 1. The minimum Gasteiger partial charge on any atom is -0.491 e. The van der Waals surface area contributed by atoms with Gasteiger partial charge in [0.25, 0.3) is 5.91 Å². The van der Waals surface area contributed by atoms with Gasteiger partial charge in [0.15, 0.2) is 9.84 Å². The molecule has 2 atom stereocenters. The highest BCUT2D eigenvalue weighted by molar-refractivity contribution is 7.91. The molecule has 1 aromatic carbocycles. The SMILES string of the molecule is C[C@H]1COc2cc(C(=O)NO)ccc2CN1C(=O)C1CCS(=O)(=O)C1. The molecule has 0 spiro atoms. The Bertz CT molecular complexity index is 807. The fourth-order valence-electron chi connectivity index (χ4n) is 3.18. The second kappa shape index (κ2) is 6.64. The Balaban J connectivity index is 1.83. The number of nitrogens with one attached hydrogen (secondary N) is 1. The van der Waals surface area contributed by atoms with Crippen LogP contribution >= 0.6 is 0 Å². The van der Waals surface area contributed by atoms with E-state index in [4.69, 9.17) is 9.94 Å². The summed E-state index contributed by atoms with van der Waals surface area (Å²) in [7, 11) is -3.13. The summed E-state index contributed by atoms with van der Waals surface area (Å²) in [6.07, 6.45) is 0.355. The predicted octanol–water partition coefficient (Wildman–Crippen LogP) is 0.350. The molecule has 3 rings (SSSR count). The Kier molecular flexibility index (Phi) is 4.70. The lowest BCUT2D eigenvalue weighted by Gasteiger charge is -2.28. The number of benzene rings is 1. The molecule has 8 nitrogen and oxygen atoms in total. The van der Waals surface area contributed by atoms with E-state index in [1.165, 1.54) is 12.1 Å². The van der Waals surface area contributed by atoms with Gasteiger partial charge in [-0.2, -0.15) is 0 Å². The van der Waals surface area contributed by atoms with E-state index in [9.17, 15) is 18.0 Å². The molecule has 2 heterocycles. The smallest absolute Gasteiger partial charge is 0.274 e. The van der Waals surface area contributed by atoms with Crippen LogP contribution in [0.3, 0.4) is 0 Å². The molecular formula is C16H20N2O6S. The second-order valence-corrected chi connectivity index (χ2v) is 8.72. The quantitative estimate of drug-likeness (QED) is 0.575. The van der Waals surface area contributed by atoms with Crippen LogP contribution in [0.25, 0.3) is 0 Å². The molecule has 2 N–H and O–H groups in total. The first-order valence-corrected chi connectivity index (χ1v) is 9.84. The van der Waals surface area contributed by atoms with Crippen molar-refractivity contribution >= 4 is 21.7 Å². The van der Waals surface area contributed by atoms with Crippen molar-refractivity contribution in [1.82, 2.24) is 10.4 Å². The largest absolute Gasteiger partial charge is 0.491 e. The molecule has 1 aromatic rings. The molecule has 136 valence electrons. The summed E-state index contributed by atoms with van der Waals surface area (Å²) in [5.41, 5.74) is 2.54. The Morgan fingerprint density at radius 2 is 2.12 bits per heavy atom. The number of rotatable bonds is 2. The fraction of sp³-hybridized carbons (Fsp3) is 0.500. The topological polar surface area (TPSA) is 113 Å². The molecule has 25 heavy (non-hydrogen) atoms. The number of amides is 2. The zero-order valence-electron chi connectivity index (χ0n) is 13.8. The molecule has 0 saturated carbocycles. The van der Waals surface area contributed by atoms with Crippen molar-refractivity contribution in [1.29, 1.82) is 0 Å². The Morgan fingerprint density at radius 1 is 1.36 bits per heavy atom. The monoisotopic (exact) mass is 368 g/mol. The van der Waals surface area contributed by atoms with Gasteiger partial charge in [-0.25, -0.2) is 13.9 Å². The lowest BCUT2D eigenvalue weighted by atomic mass is 10.0. The molecule has 0 radical (unpaired) electrons. The van der Waals surface area contributed by atoms with Gasteiger partial charge in [-0.05, 0) is 25.5 Å². The van der Waals surface area contributed by atoms with Crippen molar-refractivity contribution in [2.24, 2.45) is 5.92 Å². The van der Waals surface area contributed by atoms with Crippen LogP contribution in [0.2, 0.25) is 0 Å². The first kappa shape index (κ1) is 17.7. The normalized spacial score (nSPS) is 24.8. The summed E-state index contributed by atoms with van der Waals surface area (Å²) in [4.78, 5) is 26.0. The van der Waals surface area contributed by atoms with Gasteiger partial charge in [0.1, 0.15) is 12.4 Å². The average molecular weight is 368 g/mol. The average Bonchev–Trinajstić information content (AvgIpc) is 2.87. The van der Waals surface area contributed by atoms with Gasteiger partial charge in [0, 0.05) is 17.7 Å². The molecule has 1 unspecified atom stereocenters. The summed E-state index contributed by atoms with van der Waals surface area (Å²) >= 11 is 0. The van der Waals surface area contributed by atoms with Crippen molar-refractivity contribution in [3.63, 3.8) is 0 Å². The zero-order valence-corrected chi connectivity index (χ0v) is 14.6. The third-order valence-electron chi connectivity index (χ3n) is 4.65. The van der Waals surface area contributed by atoms with Crippen LogP contribution in [0.4, 0.5) is 0 Å². The van der Waals surface area contributed by atoms with Gasteiger partial charge in [-0.3, -0.25) is 14.8 Å². The summed E-state index contributed by atoms with van der Waals surface area (Å²) in [6.45, 7) is 2.36. The minimum atomic E-state index is -3.13. The number of nitrogens with zero attached hydrogens (tertiary/aromatic N) is 1. The van der Waals surface area contributed by atoms with Gasteiger partial charge in [-0.1, -0.05) is 6.07 Å². The standard InChI is InChI=1S/C16H20N2O6S/c1-10-8-24-14-6-11(15(19)17-21)2-3-12(14)7-18(10)16(20)13-4-5-25(22,23)9-13/h2-3,6,10,13,21H,4-5,7-9H2,1H3,(H,17,19)/t10-,13?/m0/s1. The lowest BCUT2D eigenvalue weighted by molar-refractivity contribution is -0.137. The van der Waals surface area contributed by atoms with Crippen molar-refractivity contribution in [2.45, 2.75) is 25.9 Å². The van der Waals surface area contributed by atoms with E-state index in [1.807, 2.05) is 6.92 Å². The van der Waals surface area contributed by atoms with E-state index in [-0.39, 0.29) is 42.2 Å². The van der Waals surface area contributed by atoms with Gasteiger partial charge >= 0.3 is 0 Å². The number of hydrogen-bond acceptors (Lipinski definition) is 6. The maximum atomic E-state index is 12.8. The first-order valence-electron chi connectivity index (χ1n) is 8.02. The summed E-state index contributed by atoms with van der Waals surface area (Å²) in [6, 6.07) is 4.50. The van der Waals surface area contributed by atoms with Gasteiger partial charge in [-0.15, -0.1) is 0 Å². The van der Waals surface area contributed by atoms with E-state index >= 15 is 0 Å². The maximum absolute atomic E-state index is 12.8. The van der Waals surface area contributed by atoms with E-state index in [0.29, 0.717) is 12.2 Å². The molecule has 2 aliphatic rings. The Hall–Kier alpha value is -2.13. The third kappa shape index (κ3) is 3.62. The van der Waals surface area contributed by atoms with Crippen LogP contribution in [0.1, 0.15) is 29.3 Å². The molecule has 1 saturated heterocycles. The maximum Gasteiger partial charge on any atom is 0.274 e. The van der Waals surface area contributed by atoms with Crippen LogP contribution in [-0.4, -0.2) is 54.5 Å². The number of hydrogen-bond donors (Lipinski definition) is 2. The number of hydroxylamine groups is 1. The fourth-order valence-corrected chi connectivity index (χ4v) is 4.92. The van der Waals surface area contributed by atoms with Crippen molar-refractivity contribution in [3.8, 4) is 5.75 Å². The van der Waals surface area contributed by atoms with E-state index < -0.39 is 21.7 Å². The van der Waals surface area contributed by atoms with Gasteiger partial charge in [0.05, 0.1) is 23.5 Å². The molecule has 0 bridgehead atoms. The highest BCUT2D eigenvalue weighted by atomic mass is 32.2. The van der Waals surface area contributed by atoms with Gasteiger partial charge in [0.2, 0.25) is 5.91 Å². The highest BCUT2D eigenvalue weighted by Crippen LogP contribution is 2.29. The van der Waals surface area contributed by atoms with Crippen LogP contribution in [0, 0.1) is 5.92 Å². The Morgan fingerprint density at radius 3 is 2.76 bits per heavy atom. The number of sulfone groups is 1. The Labute approximate surface area is 145 Å². The highest BCUT2D eigenvalue weighted by Gasteiger charge is 2.37. The first-order chi connectivity index (χ1) is 11.8. The zero-order chi connectivity index (χ0) is 18.2. The molecule has 9 heteroatoms. The summed E-state index contributed by atoms with van der Waals surface area (Å²) < 4.78 is 29.0. The molecule has 0 aromatic heterocycles. The van der Waals surface area contributed by atoms with Crippen LogP contribution in [0.5, 0.6) is 5.75 Å². The lowest BCUT2D eigenvalue weighted by Crippen LogP contribution is -2.43. The number of fused-ring (bicyclic) bond motifs is 1. The third-order valence-corrected chi connectivity index (χ3v) is 6.42. The van der Waals surface area contributed by atoms with Crippen molar-refractivity contribution in [3.05, 3.63) is 29.3 Å². The van der Waals surface area contributed by atoms with Crippen LogP contribution < -0.4 is 10.2 Å². The molecule has 1 fully saturated rings. The molecule has 0 aliphatic carbocycles. The van der Waals surface area contributed by atoms with Crippen LogP contribution in [0.15, 0.2) is 18.2 Å². The van der Waals surface area contributed by atoms with Crippen molar-refractivity contribution in [2.75, 3.05) is 18.1 Å². The number of carbonyl (C=O) groups is 2. The summed E-state index contributed by atoms with van der Waals surface area (Å²) in [5.74, 6) is -0.901. The van der Waals surface area contributed by atoms with E-state index in [1.54, 1.807) is 16.4 Å². The summed E-state index contributed by atoms with van der Waals surface area (Å²) in [5, 5.41) is 8.73. The minimum absolute atomic E-state index is 0.0539. The predicted molar refractivity (Wildman–Crippen MR) is 88.0 cm³/mol. The molecule has 2 aliphatic heterocycles. The van der Waals surface area contributed by atoms with Crippen LogP contribution in [-0.2, 0) is 21.2 Å².